The van der Waals surface area contributed by atoms with Crippen LogP contribution in [0, 0.1) is 5.92 Å². The molecule has 0 saturated carbocycles. The van der Waals surface area contributed by atoms with Crippen LogP contribution in [0.25, 0.3) is 0 Å². The maximum Gasteiger partial charge on any atom is 0.236 e. The summed E-state index contributed by atoms with van der Waals surface area (Å²) in [6, 6.07) is 11.1. The third-order valence-electron chi connectivity index (χ3n) is 7.48. The number of carbonyl (C=O) groups excluding carboxylic acids is 1. The van der Waals surface area contributed by atoms with Gasteiger partial charge in [0.05, 0.1) is 11.6 Å². The van der Waals surface area contributed by atoms with Crippen LogP contribution in [0.4, 0.5) is 0 Å². The third kappa shape index (κ3) is 7.57. The standard InChI is InChI=1S/C26H29Br2ClN2OS.2C2H6/c27-19-2-4-20-18(15-19)1-3-22-21(5-6-23(29)26(22)28)25(20)17-7-9-31(10-8-17)24(32)16-30-11-13-33-14-12-30;2*1-2/h2,4-6,15,17,25H,1,3,7-14,16H2;2*1-2H3. The lowest BCUT2D eigenvalue weighted by Crippen LogP contribution is -2.46. The first-order valence-electron chi connectivity index (χ1n) is 13.8. The number of hydrogen-bond acceptors (Lipinski definition) is 3. The molecule has 1 atom stereocenters. The molecule has 1 aliphatic carbocycles. The van der Waals surface area contributed by atoms with Gasteiger partial charge in [-0.2, -0.15) is 11.8 Å². The van der Waals surface area contributed by atoms with E-state index >= 15 is 0 Å². The fourth-order valence-electron chi connectivity index (χ4n) is 5.72. The number of fused-ring (bicyclic) bond motifs is 2. The Kier molecular flexibility index (Phi) is 12.8. The molecule has 0 radical (unpaired) electrons. The summed E-state index contributed by atoms with van der Waals surface area (Å²) < 4.78 is 2.19. The topological polar surface area (TPSA) is 23.6 Å². The van der Waals surface area contributed by atoms with Crippen molar-refractivity contribution in [2.24, 2.45) is 5.92 Å². The molecule has 0 N–H and O–H groups in total. The van der Waals surface area contributed by atoms with Crippen molar-refractivity contribution in [3.05, 3.63) is 66.6 Å². The maximum absolute atomic E-state index is 13.0. The van der Waals surface area contributed by atoms with Crippen molar-refractivity contribution >= 4 is 61.1 Å². The molecule has 3 nitrogen and oxygen atoms in total. The lowest BCUT2D eigenvalue weighted by Gasteiger charge is -2.38. The number of nitrogens with zero attached hydrogens (tertiary/aromatic N) is 2. The minimum absolute atomic E-state index is 0.306. The largest absolute Gasteiger partial charge is 0.342 e. The summed E-state index contributed by atoms with van der Waals surface area (Å²) >= 11 is 16.0. The van der Waals surface area contributed by atoms with Crippen molar-refractivity contribution in [2.45, 2.75) is 59.3 Å². The van der Waals surface area contributed by atoms with E-state index in [9.17, 15) is 4.79 Å². The van der Waals surface area contributed by atoms with E-state index in [1.807, 2.05) is 45.5 Å². The Bertz CT molecular complexity index is 1040. The Morgan fingerprint density at radius 3 is 2.27 bits per heavy atom. The van der Waals surface area contributed by atoms with E-state index < -0.39 is 0 Å². The van der Waals surface area contributed by atoms with Gasteiger partial charge in [-0.1, -0.05) is 67.4 Å². The first kappa shape index (κ1) is 31.0. The number of carbonyl (C=O) groups is 1. The molecule has 5 rings (SSSR count). The van der Waals surface area contributed by atoms with Crippen molar-refractivity contribution in [3.63, 3.8) is 0 Å². The number of rotatable bonds is 3. The molecule has 0 bridgehead atoms. The summed E-state index contributed by atoms with van der Waals surface area (Å²) in [6.07, 6.45) is 4.09. The molecular formula is C30H41Br2ClN2OS. The predicted molar refractivity (Wildman–Crippen MR) is 168 cm³/mol. The van der Waals surface area contributed by atoms with Crippen LogP contribution in [-0.4, -0.2) is 59.9 Å². The first-order valence-corrected chi connectivity index (χ1v) is 17.0. The smallest absolute Gasteiger partial charge is 0.236 e. The van der Waals surface area contributed by atoms with E-state index in [2.05, 4.69) is 65.9 Å². The number of benzene rings is 2. The number of likely N-dealkylation sites (tertiary alicyclic amines) is 1. The van der Waals surface area contributed by atoms with Gasteiger partial charge in [-0.15, -0.1) is 0 Å². The summed E-state index contributed by atoms with van der Waals surface area (Å²) in [6.45, 7) is 12.4. The van der Waals surface area contributed by atoms with E-state index in [4.69, 9.17) is 11.6 Å². The van der Waals surface area contributed by atoms with E-state index in [0.29, 0.717) is 24.3 Å². The molecule has 2 saturated heterocycles. The Labute approximate surface area is 250 Å². The van der Waals surface area contributed by atoms with Crippen molar-refractivity contribution in [2.75, 3.05) is 44.2 Å². The van der Waals surface area contributed by atoms with Crippen LogP contribution in [0.15, 0.2) is 39.3 Å². The van der Waals surface area contributed by atoms with Crippen LogP contribution in [-0.2, 0) is 17.6 Å². The van der Waals surface area contributed by atoms with Gasteiger partial charge < -0.3 is 4.90 Å². The van der Waals surface area contributed by atoms with Crippen LogP contribution < -0.4 is 0 Å². The molecule has 37 heavy (non-hydrogen) atoms. The zero-order chi connectivity index (χ0) is 26.9. The number of hydrogen-bond donors (Lipinski definition) is 0. The lowest BCUT2D eigenvalue weighted by molar-refractivity contribution is -0.133. The van der Waals surface area contributed by atoms with Gasteiger partial charge in [-0.3, -0.25) is 9.69 Å². The van der Waals surface area contributed by atoms with Crippen LogP contribution in [0.3, 0.4) is 0 Å². The average Bonchev–Trinajstić information content (AvgIpc) is 3.10. The summed E-state index contributed by atoms with van der Waals surface area (Å²) in [5, 5.41) is 0.788. The molecule has 3 aliphatic rings. The zero-order valence-electron chi connectivity index (χ0n) is 22.7. The van der Waals surface area contributed by atoms with Gasteiger partial charge in [0.25, 0.3) is 0 Å². The van der Waals surface area contributed by atoms with Gasteiger partial charge in [-0.25, -0.2) is 0 Å². The highest BCUT2D eigenvalue weighted by Crippen LogP contribution is 2.46. The van der Waals surface area contributed by atoms with Gasteiger partial charge in [0, 0.05) is 52.5 Å². The number of thioether (sulfide) groups is 1. The fraction of sp³-hybridized carbons (Fsp3) is 0.567. The van der Waals surface area contributed by atoms with Crippen LogP contribution in [0.2, 0.25) is 5.02 Å². The zero-order valence-corrected chi connectivity index (χ0v) is 27.4. The van der Waals surface area contributed by atoms with Crippen molar-refractivity contribution in [1.82, 2.24) is 9.80 Å². The Balaban J connectivity index is 0.000000907. The minimum Gasteiger partial charge on any atom is -0.342 e. The Hall–Kier alpha value is -0.530. The quantitative estimate of drug-likeness (QED) is 0.327. The van der Waals surface area contributed by atoms with Gasteiger partial charge in [0.2, 0.25) is 5.91 Å². The summed E-state index contributed by atoms with van der Waals surface area (Å²) in [5.41, 5.74) is 5.63. The highest BCUT2D eigenvalue weighted by molar-refractivity contribution is 9.10. The molecule has 204 valence electrons. The molecule has 2 heterocycles. The number of amides is 1. The Morgan fingerprint density at radius 2 is 1.59 bits per heavy atom. The van der Waals surface area contributed by atoms with E-state index in [1.54, 1.807) is 0 Å². The molecule has 0 spiro atoms. The maximum atomic E-state index is 13.0. The molecular weight excluding hydrogens is 632 g/mol. The summed E-state index contributed by atoms with van der Waals surface area (Å²) in [5.74, 6) is 3.46. The normalized spacial score (nSPS) is 19.9. The predicted octanol–water partition coefficient (Wildman–Crippen LogP) is 8.44. The summed E-state index contributed by atoms with van der Waals surface area (Å²) in [4.78, 5) is 17.4. The van der Waals surface area contributed by atoms with Crippen LogP contribution in [0.1, 0.15) is 68.7 Å². The number of piperidine rings is 1. The van der Waals surface area contributed by atoms with Gasteiger partial charge >= 0.3 is 0 Å². The molecule has 2 aromatic carbocycles. The molecule has 7 heteroatoms. The second-order valence-electron chi connectivity index (χ2n) is 9.36. The van der Waals surface area contributed by atoms with E-state index in [0.717, 1.165) is 77.3 Å². The van der Waals surface area contributed by atoms with Crippen molar-refractivity contribution < 1.29 is 4.79 Å². The van der Waals surface area contributed by atoms with Gasteiger partial charge in [-0.05, 0) is 88.0 Å². The molecule has 1 amide bonds. The molecule has 2 aliphatic heterocycles. The Morgan fingerprint density at radius 1 is 0.946 bits per heavy atom. The minimum atomic E-state index is 0.306. The highest BCUT2D eigenvalue weighted by atomic mass is 79.9. The number of aryl methyl sites for hydroxylation is 1. The van der Waals surface area contributed by atoms with Crippen molar-refractivity contribution in [1.29, 1.82) is 0 Å². The third-order valence-corrected chi connectivity index (χ3v) is 10.4. The molecule has 2 fully saturated rings. The van der Waals surface area contributed by atoms with Gasteiger partial charge in [0.15, 0.2) is 0 Å². The second-order valence-corrected chi connectivity index (χ2v) is 12.7. The van der Waals surface area contributed by atoms with Crippen LogP contribution in [0.5, 0.6) is 0 Å². The molecule has 1 unspecified atom stereocenters. The highest BCUT2D eigenvalue weighted by Gasteiger charge is 2.35. The van der Waals surface area contributed by atoms with E-state index in [1.165, 1.54) is 22.3 Å². The average molecular weight is 673 g/mol. The molecule has 2 aromatic rings. The SMILES string of the molecule is CC.CC.O=C(CN1CCSCC1)N1CCC(C2c3ccc(Br)cc3CCc3c2ccc(Cl)c3Br)CC1. The van der Waals surface area contributed by atoms with Crippen molar-refractivity contribution in [3.8, 4) is 0 Å². The van der Waals surface area contributed by atoms with Gasteiger partial charge in [0.1, 0.15) is 0 Å². The first-order chi connectivity index (χ1) is 18.0. The fourth-order valence-corrected chi connectivity index (χ4v) is 7.84. The monoisotopic (exact) mass is 670 g/mol. The lowest BCUT2D eigenvalue weighted by atomic mass is 9.74. The van der Waals surface area contributed by atoms with E-state index in [-0.39, 0.29) is 0 Å². The molecule has 0 aromatic heterocycles. The second kappa shape index (κ2) is 15.3. The summed E-state index contributed by atoms with van der Waals surface area (Å²) in [7, 11) is 0. The number of halogens is 3. The van der Waals surface area contributed by atoms with Crippen LogP contribution >= 0.6 is 55.2 Å².